The molecule has 0 bridgehead atoms. The Kier molecular flexibility index (Phi) is 7.54. The first-order chi connectivity index (χ1) is 21.0. The predicted molar refractivity (Wildman–Crippen MR) is 167 cm³/mol. The molecule has 1 saturated carbocycles. The summed E-state index contributed by atoms with van der Waals surface area (Å²) in [5.41, 5.74) is 5.05. The van der Waals surface area contributed by atoms with Crippen molar-refractivity contribution < 1.29 is 14.3 Å². The van der Waals surface area contributed by atoms with Gasteiger partial charge in [0.2, 0.25) is 11.8 Å². The molecule has 7 rings (SSSR count). The normalized spacial score (nSPS) is 20.9. The second-order valence-electron chi connectivity index (χ2n) is 11.9. The van der Waals surface area contributed by atoms with Gasteiger partial charge in [-0.15, -0.1) is 11.3 Å². The number of anilines is 1. The maximum atomic E-state index is 13.8. The van der Waals surface area contributed by atoms with Crippen LogP contribution in [0.4, 0.5) is 5.69 Å². The van der Waals surface area contributed by atoms with Crippen LogP contribution in [0.5, 0.6) is 0 Å². The van der Waals surface area contributed by atoms with E-state index in [4.69, 9.17) is 4.74 Å². The van der Waals surface area contributed by atoms with Crippen molar-refractivity contribution in [1.82, 2.24) is 30.0 Å². The number of pyridine rings is 1. The lowest BCUT2D eigenvalue weighted by Gasteiger charge is -2.29. The van der Waals surface area contributed by atoms with Crippen LogP contribution in [0, 0.1) is 5.41 Å². The van der Waals surface area contributed by atoms with E-state index in [2.05, 4.69) is 42.5 Å². The summed E-state index contributed by atoms with van der Waals surface area (Å²) in [6.45, 7) is 2.97. The minimum Gasteiger partial charge on any atom is -0.384 e. The fraction of sp³-hybridized carbons (Fsp3) is 0.406. The molecule has 1 aliphatic carbocycles. The Labute approximate surface area is 254 Å². The molecule has 10 nitrogen and oxygen atoms in total. The Bertz CT molecular complexity index is 1680. The molecular weight excluding hydrogens is 562 g/mol. The maximum absolute atomic E-state index is 13.8. The number of aromatic nitrogens is 4. The quantitative estimate of drug-likeness (QED) is 0.291. The van der Waals surface area contributed by atoms with Gasteiger partial charge in [0.25, 0.3) is 0 Å². The van der Waals surface area contributed by atoms with E-state index in [1.807, 2.05) is 46.9 Å². The molecule has 3 aromatic heterocycles. The van der Waals surface area contributed by atoms with E-state index in [-0.39, 0.29) is 25.0 Å². The number of benzene rings is 1. The zero-order chi connectivity index (χ0) is 29.4. The third kappa shape index (κ3) is 5.72. The maximum Gasteiger partial charge on any atom is 0.237 e. The minimum atomic E-state index is -0.743. The third-order valence-corrected chi connectivity index (χ3v) is 9.68. The number of rotatable bonds is 9. The number of nitrogens with zero attached hydrogens (tertiary/aromatic N) is 5. The number of fused-ring (bicyclic) bond motifs is 1. The van der Waals surface area contributed by atoms with Crippen LogP contribution in [-0.4, -0.2) is 88.2 Å². The lowest BCUT2D eigenvalue weighted by atomic mass is 9.87. The first kappa shape index (κ1) is 27.9. The van der Waals surface area contributed by atoms with Crippen molar-refractivity contribution in [1.29, 1.82) is 0 Å². The summed E-state index contributed by atoms with van der Waals surface area (Å²) in [6.07, 6.45) is 9.57. The number of carbonyl (C=O) groups is 2. The average Bonchev–Trinajstić information content (AvgIpc) is 3.38. The zero-order valence-corrected chi connectivity index (χ0v) is 25.0. The number of aromatic amines is 1. The van der Waals surface area contributed by atoms with Gasteiger partial charge in [0, 0.05) is 72.8 Å². The lowest BCUT2D eigenvalue weighted by molar-refractivity contribution is -0.133. The second kappa shape index (κ2) is 11.6. The van der Waals surface area contributed by atoms with Gasteiger partial charge in [-0.25, -0.2) is 4.98 Å². The molecule has 2 aliphatic heterocycles. The van der Waals surface area contributed by atoms with Gasteiger partial charge < -0.3 is 15.0 Å². The molecule has 11 heteroatoms. The molecule has 2 fully saturated rings. The van der Waals surface area contributed by atoms with Gasteiger partial charge in [0.1, 0.15) is 10.7 Å². The summed E-state index contributed by atoms with van der Waals surface area (Å²) in [5.74, 6) is 0.543. The molecular formula is C32H35N7O3S. The Morgan fingerprint density at radius 3 is 2.84 bits per heavy atom. The number of hydrogen-bond donors (Lipinski definition) is 2. The SMILES string of the molecule is COC[C@@]1(C(=O)Nc2ccc3[nH]nc(-c4ccnc(C5CC5)c4)c3c2)CCN(CC(=O)N2CC=C(c3nccs3)CC2)C1. The highest BCUT2D eigenvalue weighted by atomic mass is 32.1. The molecule has 1 saturated heterocycles. The van der Waals surface area contributed by atoms with E-state index in [0.29, 0.717) is 44.2 Å². The van der Waals surface area contributed by atoms with Gasteiger partial charge in [-0.2, -0.15) is 5.10 Å². The summed E-state index contributed by atoms with van der Waals surface area (Å²) in [7, 11) is 1.62. The molecule has 2 amide bonds. The highest BCUT2D eigenvalue weighted by Crippen LogP contribution is 2.40. The molecule has 0 unspecified atom stereocenters. The van der Waals surface area contributed by atoms with Crippen LogP contribution in [0.15, 0.2) is 54.2 Å². The zero-order valence-electron chi connectivity index (χ0n) is 24.2. The van der Waals surface area contributed by atoms with E-state index < -0.39 is 5.41 Å². The Morgan fingerprint density at radius 2 is 2.07 bits per heavy atom. The van der Waals surface area contributed by atoms with Crippen LogP contribution in [-0.2, 0) is 14.3 Å². The van der Waals surface area contributed by atoms with E-state index >= 15 is 0 Å². The smallest absolute Gasteiger partial charge is 0.237 e. The van der Waals surface area contributed by atoms with Crippen LogP contribution in [0.2, 0.25) is 0 Å². The number of amides is 2. The van der Waals surface area contributed by atoms with Crippen molar-refractivity contribution >= 4 is 45.3 Å². The molecule has 0 spiro atoms. The third-order valence-electron chi connectivity index (χ3n) is 8.83. The van der Waals surface area contributed by atoms with Crippen LogP contribution in [0.1, 0.15) is 42.3 Å². The number of carbonyl (C=O) groups excluding carboxylic acids is 2. The fourth-order valence-electron chi connectivity index (χ4n) is 6.27. The van der Waals surface area contributed by atoms with Crippen molar-refractivity contribution in [3.8, 4) is 11.3 Å². The van der Waals surface area contributed by atoms with E-state index in [9.17, 15) is 9.59 Å². The predicted octanol–water partition coefficient (Wildman–Crippen LogP) is 4.55. The first-order valence-electron chi connectivity index (χ1n) is 14.9. The summed E-state index contributed by atoms with van der Waals surface area (Å²) >= 11 is 1.63. The summed E-state index contributed by atoms with van der Waals surface area (Å²) in [4.78, 5) is 39.9. The largest absolute Gasteiger partial charge is 0.384 e. The highest BCUT2D eigenvalue weighted by Gasteiger charge is 2.45. The van der Waals surface area contributed by atoms with Gasteiger partial charge in [-0.3, -0.25) is 24.6 Å². The van der Waals surface area contributed by atoms with E-state index in [1.54, 1.807) is 18.4 Å². The van der Waals surface area contributed by atoms with Crippen molar-refractivity contribution in [3.05, 3.63) is 64.9 Å². The topological polar surface area (TPSA) is 116 Å². The number of ether oxygens (including phenoxy) is 1. The molecule has 2 N–H and O–H groups in total. The molecule has 5 heterocycles. The average molecular weight is 598 g/mol. The molecule has 1 aromatic carbocycles. The Balaban J connectivity index is 1.02. The van der Waals surface area contributed by atoms with Gasteiger partial charge in [0.05, 0.1) is 24.1 Å². The van der Waals surface area contributed by atoms with Gasteiger partial charge in [0.15, 0.2) is 0 Å². The molecule has 4 aromatic rings. The molecule has 0 radical (unpaired) electrons. The molecule has 1 atom stereocenters. The number of likely N-dealkylation sites (tertiary alicyclic amines) is 1. The van der Waals surface area contributed by atoms with Crippen LogP contribution >= 0.6 is 11.3 Å². The van der Waals surface area contributed by atoms with Crippen molar-refractivity contribution in [3.63, 3.8) is 0 Å². The van der Waals surface area contributed by atoms with Crippen LogP contribution < -0.4 is 5.32 Å². The number of nitrogens with one attached hydrogen (secondary N) is 2. The summed E-state index contributed by atoms with van der Waals surface area (Å²) < 4.78 is 5.56. The lowest BCUT2D eigenvalue weighted by Crippen LogP contribution is -2.45. The number of H-pyrrole nitrogens is 1. The van der Waals surface area contributed by atoms with Gasteiger partial charge in [-0.1, -0.05) is 6.08 Å². The Morgan fingerprint density at radius 1 is 1.16 bits per heavy atom. The fourth-order valence-corrected chi connectivity index (χ4v) is 6.98. The molecule has 43 heavy (non-hydrogen) atoms. The summed E-state index contributed by atoms with van der Waals surface area (Å²) in [6, 6.07) is 9.92. The van der Waals surface area contributed by atoms with Gasteiger partial charge in [-0.05, 0) is 68.1 Å². The van der Waals surface area contributed by atoms with Crippen molar-refractivity contribution in [2.45, 2.75) is 31.6 Å². The van der Waals surface area contributed by atoms with Crippen molar-refractivity contribution in [2.75, 3.05) is 51.8 Å². The first-order valence-corrected chi connectivity index (χ1v) is 15.7. The number of methoxy groups -OCH3 is 1. The van der Waals surface area contributed by atoms with Crippen molar-refractivity contribution in [2.24, 2.45) is 5.41 Å². The minimum absolute atomic E-state index is 0.0851. The number of thiazole rings is 1. The summed E-state index contributed by atoms with van der Waals surface area (Å²) in [5, 5.41) is 14.8. The standard InChI is InChI=1S/C32H35N7O3S/c1-42-20-32(9-14-38(19-32)18-28(40)39-12-7-22(8-13-39)30-34-11-15-43-30)31(41)35-24-4-5-26-25(17-24)29(37-36-26)23-6-10-33-27(16-23)21-2-3-21/h4-7,10-11,15-17,21H,2-3,8-9,12-14,18-20H2,1H3,(H,35,41)(H,36,37)/t32-/m1/s1. The number of hydrogen-bond acceptors (Lipinski definition) is 8. The van der Waals surface area contributed by atoms with E-state index in [0.717, 1.165) is 39.3 Å². The molecule has 222 valence electrons. The van der Waals surface area contributed by atoms with E-state index in [1.165, 1.54) is 18.4 Å². The van der Waals surface area contributed by atoms with Crippen LogP contribution in [0.25, 0.3) is 27.7 Å². The second-order valence-corrected chi connectivity index (χ2v) is 12.8. The van der Waals surface area contributed by atoms with Crippen LogP contribution in [0.3, 0.4) is 0 Å². The van der Waals surface area contributed by atoms with Gasteiger partial charge >= 0.3 is 0 Å². The monoisotopic (exact) mass is 597 g/mol. The Hall–Kier alpha value is -3.93. The molecule has 3 aliphatic rings. The highest BCUT2D eigenvalue weighted by molar-refractivity contribution is 7.10.